The molecule has 2 aliphatic heterocycles. The first kappa shape index (κ1) is 16.6. The van der Waals surface area contributed by atoms with Crippen molar-refractivity contribution >= 4 is 17.3 Å². The third-order valence-corrected chi connectivity index (χ3v) is 5.22. The number of hydrogen-bond donors (Lipinski definition) is 1. The fourth-order valence-corrected chi connectivity index (χ4v) is 3.90. The summed E-state index contributed by atoms with van der Waals surface area (Å²) in [6, 6.07) is 9.80. The second-order valence-electron chi connectivity index (χ2n) is 7.57. The lowest BCUT2D eigenvalue weighted by molar-refractivity contribution is 0.0982. The summed E-state index contributed by atoms with van der Waals surface area (Å²) in [6.45, 7) is 6.00. The van der Waals surface area contributed by atoms with Gasteiger partial charge in [0.1, 0.15) is 0 Å². The molecule has 0 atom stereocenters. The van der Waals surface area contributed by atoms with Gasteiger partial charge < -0.3 is 10.2 Å². The molecule has 1 fully saturated rings. The fraction of sp³-hybridized carbons (Fsp3) is 0.350. The summed E-state index contributed by atoms with van der Waals surface area (Å²) in [4.78, 5) is 21.4. The summed E-state index contributed by atoms with van der Waals surface area (Å²) in [6.07, 6.45) is 3.51. The number of fused-ring (bicyclic) bond motifs is 1. The lowest BCUT2D eigenvalue weighted by Crippen LogP contribution is -2.52. The molecule has 1 aromatic heterocycles. The van der Waals surface area contributed by atoms with Gasteiger partial charge in [-0.05, 0) is 50.7 Å². The van der Waals surface area contributed by atoms with Gasteiger partial charge in [-0.15, -0.1) is 0 Å². The van der Waals surface area contributed by atoms with Gasteiger partial charge in [-0.1, -0.05) is 0 Å². The molecule has 0 saturated carbocycles. The van der Waals surface area contributed by atoms with Gasteiger partial charge in [-0.25, -0.2) is 0 Å². The highest BCUT2D eigenvalue weighted by Gasteiger charge is 2.44. The largest absolute Gasteiger partial charge is 0.378 e. The number of nitrogens with one attached hydrogen (secondary N) is 1. The van der Waals surface area contributed by atoms with Gasteiger partial charge in [0, 0.05) is 18.7 Å². The fourth-order valence-electron chi connectivity index (χ4n) is 3.90. The molecule has 26 heavy (non-hydrogen) atoms. The molecule has 2 aliphatic rings. The van der Waals surface area contributed by atoms with Crippen molar-refractivity contribution in [1.82, 2.24) is 9.88 Å². The summed E-state index contributed by atoms with van der Waals surface area (Å²) in [5.74, 6) is -0.0585. The van der Waals surface area contributed by atoms with Crippen molar-refractivity contribution in [2.75, 3.05) is 30.4 Å². The normalized spacial score (nSPS) is 19.0. The zero-order chi connectivity index (χ0) is 18.5. The maximum Gasteiger partial charge on any atom is 0.259 e. The highest BCUT2D eigenvalue weighted by atomic mass is 16.2. The molecule has 3 heterocycles. The van der Waals surface area contributed by atoms with E-state index in [0.29, 0.717) is 17.2 Å². The van der Waals surface area contributed by atoms with Crippen LogP contribution in [0.3, 0.4) is 0 Å². The monoisotopic (exact) mass is 347 g/mol. The number of amides is 1. The van der Waals surface area contributed by atoms with Crippen molar-refractivity contribution in [1.29, 1.82) is 5.26 Å². The molecular formula is C20H21N5O. The van der Waals surface area contributed by atoms with E-state index >= 15 is 0 Å². The summed E-state index contributed by atoms with van der Waals surface area (Å²) >= 11 is 0. The van der Waals surface area contributed by atoms with Gasteiger partial charge in [-0.2, -0.15) is 5.26 Å². The smallest absolute Gasteiger partial charge is 0.259 e. The first-order valence-electron chi connectivity index (χ1n) is 8.69. The molecule has 1 amide bonds. The average molecular weight is 347 g/mol. The van der Waals surface area contributed by atoms with E-state index in [1.165, 1.54) is 0 Å². The number of likely N-dealkylation sites (tertiary alicyclic amines) is 1. The SMILES string of the molecule is CN1CC(Nc2cncc(N3C(=O)c4ccc(C#N)cc4C3(C)C)c2)C1. The van der Waals surface area contributed by atoms with Crippen molar-refractivity contribution in [3.8, 4) is 6.07 Å². The zero-order valence-corrected chi connectivity index (χ0v) is 15.2. The Hall–Kier alpha value is -2.91. The topological polar surface area (TPSA) is 72.3 Å². The van der Waals surface area contributed by atoms with Crippen LogP contribution < -0.4 is 10.2 Å². The predicted molar refractivity (Wildman–Crippen MR) is 100 cm³/mol. The molecule has 1 aromatic carbocycles. The lowest BCUT2D eigenvalue weighted by Gasteiger charge is -2.37. The molecule has 0 aliphatic carbocycles. The van der Waals surface area contributed by atoms with Crippen LogP contribution in [0, 0.1) is 11.3 Å². The van der Waals surface area contributed by atoms with Crippen LogP contribution in [0.25, 0.3) is 0 Å². The van der Waals surface area contributed by atoms with Crippen LogP contribution in [-0.4, -0.2) is 42.0 Å². The maximum absolute atomic E-state index is 13.0. The number of anilines is 2. The molecule has 0 spiro atoms. The third-order valence-electron chi connectivity index (χ3n) is 5.22. The molecule has 6 nitrogen and oxygen atoms in total. The second-order valence-corrected chi connectivity index (χ2v) is 7.57. The zero-order valence-electron chi connectivity index (χ0n) is 15.2. The number of rotatable bonds is 3. The van der Waals surface area contributed by atoms with Crippen LogP contribution in [0.2, 0.25) is 0 Å². The van der Waals surface area contributed by atoms with Gasteiger partial charge in [0.05, 0.1) is 47.0 Å². The first-order chi connectivity index (χ1) is 12.4. The molecule has 4 rings (SSSR count). The van der Waals surface area contributed by atoms with Gasteiger partial charge in [0.25, 0.3) is 5.91 Å². The van der Waals surface area contributed by atoms with Gasteiger partial charge in [0.15, 0.2) is 0 Å². The van der Waals surface area contributed by atoms with Crippen LogP contribution in [0.15, 0.2) is 36.7 Å². The number of benzene rings is 1. The summed E-state index contributed by atoms with van der Waals surface area (Å²) < 4.78 is 0. The number of hydrogen-bond acceptors (Lipinski definition) is 5. The van der Waals surface area contributed by atoms with E-state index in [-0.39, 0.29) is 5.91 Å². The highest BCUT2D eigenvalue weighted by Crippen LogP contribution is 2.42. The Labute approximate surface area is 153 Å². The summed E-state index contributed by atoms with van der Waals surface area (Å²) in [7, 11) is 2.09. The minimum absolute atomic E-state index is 0.0585. The molecule has 2 aromatic rings. The van der Waals surface area contributed by atoms with Crippen molar-refractivity contribution < 1.29 is 4.79 Å². The van der Waals surface area contributed by atoms with E-state index in [2.05, 4.69) is 28.3 Å². The Bertz CT molecular complexity index is 924. The number of nitrogens with zero attached hydrogens (tertiary/aromatic N) is 4. The van der Waals surface area contributed by atoms with Crippen LogP contribution in [0.1, 0.15) is 35.3 Å². The minimum atomic E-state index is -0.545. The number of aromatic nitrogens is 1. The van der Waals surface area contributed by atoms with Crippen LogP contribution in [0.5, 0.6) is 0 Å². The number of pyridine rings is 1. The lowest BCUT2D eigenvalue weighted by atomic mass is 9.92. The van der Waals surface area contributed by atoms with Crippen LogP contribution >= 0.6 is 0 Å². The Balaban J connectivity index is 1.68. The second kappa shape index (κ2) is 5.82. The Morgan fingerprint density at radius 2 is 2.04 bits per heavy atom. The standard InChI is InChI=1S/C20H21N5O/c1-20(2)18-6-13(8-21)4-5-17(18)19(26)25(20)16-7-14(9-22-10-16)23-15-11-24(3)12-15/h4-7,9-10,15,23H,11-12H2,1-3H3. The van der Waals surface area contributed by atoms with E-state index in [1.807, 2.05) is 26.0 Å². The number of likely N-dealkylation sites (N-methyl/N-ethyl adjacent to an activating group) is 1. The molecule has 1 saturated heterocycles. The summed E-state index contributed by atoms with van der Waals surface area (Å²) in [5, 5.41) is 12.7. The van der Waals surface area contributed by atoms with Gasteiger partial charge >= 0.3 is 0 Å². The van der Waals surface area contributed by atoms with E-state index in [9.17, 15) is 10.1 Å². The van der Waals surface area contributed by atoms with Crippen molar-refractivity contribution in [2.24, 2.45) is 0 Å². The van der Waals surface area contributed by atoms with E-state index in [4.69, 9.17) is 0 Å². The molecule has 6 heteroatoms. The van der Waals surface area contributed by atoms with Crippen molar-refractivity contribution in [3.05, 3.63) is 53.3 Å². The van der Waals surface area contributed by atoms with Gasteiger partial charge in [0.2, 0.25) is 0 Å². The predicted octanol–water partition coefficient (Wildman–Crippen LogP) is 2.57. The Kier molecular flexibility index (Phi) is 3.70. The molecule has 0 bridgehead atoms. The third kappa shape index (κ3) is 2.52. The minimum Gasteiger partial charge on any atom is -0.378 e. The quantitative estimate of drug-likeness (QED) is 0.924. The Morgan fingerprint density at radius 1 is 1.27 bits per heavy atom. The molecule has 1 N–H and O–H groups in total. The molecule has 0 unspecified atom stereocenters. The van der Waals surface area contributed by atoms with Crippen molar-refractivity contribution in [3.63, 3.8) is 0 Å². The highest BCUT2D eigenvalue weighted by molar-refractivity contribution is 6.12. The van der Waals surface area contributed by atoms with Gasteiger partial charge in [-0.3, -0.25) is 14.7 Å². The number of carbonyl (C=O) groups is 1. The number of carbonyl (C=O) groups excluding carboxylic acids is 1. The molecular weight excluding hydrogens is 326 g/mol. The van der Waals surface area contributed by atoms with E-state index < -0.39 is 5.54 Å². The Morgan fingerprint density at radius 3 is 2.73 bits per heavy atom. The number of nitriles is 1. The summed E-state index contributed by atoms with van der Waals surface area (Å²) in [5.41, 5.74) is 3.21. The molecule has 132 valence electrons. The first-order valence-corrected chi connectivity index (χ1v) is 8.69. The maximum atomic E-state index is 13.0. The van der Waals surface area contributed by atoms with E-state index in [1.54, 1.807) is 29.4 Å². The van der Waals surface area contributed by atoms with E-state index in [0.717, 1.165) is 30.0 Å². The van der Waals surface area contributed by atoms with Crippen LogP contribution in [0.4, 0.5) is 11.4 Å². The van der Waals surface area contributed by atoms with Crippen LogP contribution in [-0.2, 0) is 5.54 Å². The average Bonchev–Trinajstić information content (AvgIpc) is 2.79. The van der Waals surface area contributed by atoms with Crippen molar-refractivity contribution in [2.45, 2.75) is 25.4 Å². The molecule has 0 radical (unpaired) electrons.